The van der Waals surface area contributed by atoms with E-state index in [1.165, 1.54) is 0 Å². The zero-order chi connectivity index (χ0) is 14.3. The van der Waals surface area contributed by atoms with Gasteiger partial charge in [-0.3, -0.25) is 4.79 Å². The Morgan fingerprint density at radius 2 is 2.16 bits per heavy atom. The van der Waals surface area contributed by atoms with Crippen LogP contribution in [0.3, 0.4) is 0 Å². The number of ether oxygens (including phenoxy) is 1. The second kappa shape index (κ2) is 8.54. The van der Waals surface area contributed by atoms with Crippen LogP contribution < -0.4 is 11.1 Å². The molecule has 1 saturated carbocycles. The molecule has 0 aromatic rings. The van der Waals surface area contributed by atoms with Gasteiger partial charge < -0.3 is 15.8 Å². The summed E-state index contributed by atoms with van der Waals surface area (Å²) < 4.78 is 5.49. The largest absolute Gasteiger partial charge is 0.381 e. The molecule has 3 atom stereocenters. The van der Waals surface area contributed by atoms with Gasteiger partial charge in [-0.2, -0.15) is 0 Å². The summed E-state index contributed by atoms with van der Waals surface area (Å²) >= 11 is 0. The summed E-state index contributed by atoms with van der Waals surface area (Å²) in [5.74, 6) is 1.09. The third-order valence-corrected chi connectivity index (χ3v) is 3.79. The molecule has 0 heterocycles. The summed E-state index contributed by atoms with van der Waals surface area (Å²) in [6.07, 6.45) is 4.10. The molecular weight excluding hydrogens is 240 g/mol. The van der Waals surface area contributed by atoms with Crippen molar-refractivity contribution in [3.05, 3.63) is 0 Å². The molecule has 1 aliphatic rings. The van der Waals surface area contributed by atoms with Gasteiger partial charge in [0.15, 0.2) is 0 Å². The molecule has 1 rings (SSSR count). The Bertz CT molecular complexity index is 259. The first-order chi connectivity index (χ1) is 9.02. The van der Waals surface area contributed by atoms with Crippen LogP contribution in [0.4, 0.5) is 0 Å². The minimum Gasteiger partial charge on any atom is -0.381 e. The maximum Gasteiger partial charge on any atom is 0.224 e. The number of carbonyl (C=O) groups excluding carboxylic acids is 1. The van der Waals surface area contributed by atoms with E-state index in [2.05, 4.69) is 26.1 Å². The highest BCUT2D eigenvalue weighted by Gasteiger charge is 2.33. The second-order valence-electron chi connectivity index (χ2n) is 6.21. The molecule has 0 saturated heterocycles. The Hall–Kier alpha value is -0.610. The number of hydrogen-bond acceptors (Lipinski definition) is 3. The van der Waals surface area contributed by atoms with Gasteiger partial charge in [0.25, 0.3) is 0 Å². The van der Waals surface area contributed by atoms with E-state index in [1.54, 1.807) is 0 Å². The van der Waals surface area contributed by atoms with Crippen molar-refractivity contribution in [2.45, 2.75) is 52.5 Å². The van der Waals surface area contributed by atoms with Crippen molar-refractivity contribution in [3.63, 3.8) is 0 Å². The number of carbonyl (C=O) groups is 1. The van der Waals surface area contributed by atoms with Crippen molar-refractivity contribution < 1.29 is 9.53 Å². The van der Waals surface area contributed by atoms with Crippen LogP contribution >= 0.6 is 0 Å². The van der Waals surface area contributed by atoms with E-state index in [0.717, 1.165) is 32.3 Å². The highest BCUT2D eigenvalue weighted by molar-refractivity contribution is 5.79. The van der Waals surface area contributed by atoms with Crippen molar-refractivity contribution >= 4 is 5.91 Å². The van der Waals surface area contributed by atoms with Crippen LogP contribution in [0.2, 0.25) is 0 Å². The van der Waals surface area contributed by atoms with Crippen LogP contribution in [-0.2, 0) is 9.53 Å². The summed E-state index contributed by atoms with van der Waals surface area (Å²) in [7, 11) is 0. The minimum atomic E-state index is -0.00895. The molecule has 4 nitrogen and oxygen atoms in total. The Kier molecular flexibility index (Phi) is 7.39. The van der Waals surface area contributed by atoms with Crippen molar-refractivity contribution in [1.82, 2.24) is 5.32 Å². The SMILES string of the molecule is CC(C)COCCCNC(=O)C1C(C)CCCC1N. The smallest absolute Gasteiger partial charge is 0.224 e. The van der Waals surface area contributed by atoms with Crippen LogP contribution in [0.1, 0.15) is 46.5 Å². The van der Waals surface area contributed by atoms with Crippen molar-refractivity contribution in [3.8, 4) is 0 Å². The van der Waals surface area contributed by atoms with E-state index in [0.29, 0.717) is 25.0 Å². The highest BCUT2D eigenvalue weighted by Crippen LogP contribution is 2.28. The molecule has 112 valence electrons. The third kappa shape index (κ3) is 5.91. The topological polar surface area (TPSA) is 64.3 Å². The van der Waals surface area contributed by atoms with Gasteiger partial charge in [0.05, 0.1) is 5.92 Å². The fourth-order valence-electron chi connectivity index (χ4n) is 2.73. The highest BCUT2D eigenvalue weighted by atomic mass is 16.5. The second-order valence-corrected chi connectivity index (χ2v) is 6.21. The lowest BCUT2D eigenvalue weighted by Gasteiger charge is -2.33. The summed E-state index contributed by atoms with van der Waals surface area (Å²) in [5.41, 5.74) is 6.07. The van der Waals surface area contributed by atoms with Crippen LogP contribution in [0.15, 0.2) is 0 Å². The number of amides is 1. The van der Waals surface area contributed by atoms with Gasteiger partial charge >= 0.3 is 0 Å². The van der Waals surface area contributed by atoms with Crippen LogP contribution in [0.25, 0.3) is 0 Å². The molecule has 1 amide bonds. The third-order valence-electron chi connectivity index (χ3n) is 3.79. The fourth-order valence-corrected chi connectivity index (χ4v) is 2.73. The molecule has 4 heteroatoms. The maximum absolute atomic E-state index is 12.1. The zero-order valence-electron chi connectivity index (χ0n) is 12.7. The predicted molar refractivity (Wildman–Crippen MR) is 77.8 cm³/mol. The Balaban J connectivity index is 2.16. The van der Waals surface area contributed by atoms with Gasteiger partial charge in [0.2, 0.25) is 5.91 Å². The first-order valence-electron chi connectivity index (χ1n) is 7.63. The Morgan fingerprint density at radius 3 is 2.79 bits per heavy atom. The van der Waals surface area contributed by atoms with Crippen LogP contribution in [0, 0.1) is 17.8 Å². The van der Waals surface area contributed by atoms with Gasteiger partial charge in [0, 0.05) is 25.8 Å². The lowest BCUT2D eigenvalue weighted by molar-refractivity contribution is -0.128. The van der Waals surface area contributed by atoms with Crippen molar-refractivity contribution in [2.75, 3.05) is 19.8 Å². The summed E-state index contributed by atoms with van der Waals surface area (Å²) in [4.78, 5) is 12.1. The Morgan fingerprint density at radius 1 is 1.42 bits per heavy atom. The van der Waals surface area contributed by atoms with E-state index in [1.807, 2.05) is 0 Å². The summed E-state index contributed by atoms with van der Waals surface area (Å²) in [6.45, 7) is 8.59. The van der Waals surface area contributed by atoms with Crippen LogP contribution in [-0.4, -0.2) is 31.7 Å². The molecule has 0 radical (unpaired) electrons. The van der Waals surface area contributed by atoms with Gasteiger partial charge in [-0.25, -0.2) is 0 Å². The quantitative estimate of drug-likeness (QED) is 0.695. The molecule has 0 bridgehead atoms. The normalized spacial score (nSPS) is 27.5. The number of hydrogen-bond donors (Lipinski definition) is 2. The van der Waals surface area contributed by atoms with E-state index in [-0.39, 0.29) is 17.9 Å². The number of nitrogens with two attached hydrogens (primary N) is 1. The van der Waals surface area contributed by atoms with E-state index in [4.69, 9.17) is 10.5 Å². The van der Waals surface area contributed by atoms with Crippen LogP contribution in [0.5, 0.6) is 0 Å². The Labute approximate surface area is 117 Å². The lowest BCUT2D eigenvalue weighted by Crippen LogP contribution is -2.47. The van der Waals surface area contributed by atoms with E-state index >= 15 is 0 Å². The molecule has 0 aliphatic heterocycles. The molecule has 0 aromatic heterocycles. The maximum atomic E-state index is 12.1. The number of nitrogens with one attached hydrogen (secondary N) is 1. The molecule has 1 aliphatic carbocycles. The standard InChI is InChI=1S/C15H30N2O2/c1-11(2)10-19-9-5-8-17-15(18)14-12(3)6-4-7-13(14)16/h11-14H,4-10,16H2,1-3H3,(H,17,18). The average Bonchev–Trinajstić information content (AvgIpc) is 2.33. The average molecular weight is 270 g/mol. The number of rotatable bonds is 7. The molecule has 3 unspecified atom stereocenters. The lowest BCUT2D eigenvalue weighted by atomic mass is 9.76. The summed E-state index contributed by atoms with van der Waals surface area (Å²) in [5, 5.41) is 3.00. The van der Waals surface area contributed by atoms with Gasteiger partial charge in [0.1, 0.15) is 0 Å². The summed E-state index contributed by atoms with van der Waals surface area (Å²) in [6, 6.07) is 0.0286. The zero-order valence-corrected chi connectivity index (χ0v) is 12.7. The van der Waals surface area contributed by atoms with Crippen molar-refractivity contribution in [1.29, 1.82) is 0 Å². The molecule has 19 heavy (non-hydrogen) atoms. The molecule has 1 fully saturated rings. The molecule has 3 N–H and O–H groups in total. The van der Waals surface area contributed by atoms with E-state index in [9.17, 15) is 4.79 Å². The first-order valence-corrected chi connectivity index (χ1v) is 7.63. The molecule has 0 spiro atoms. The molecule has 0 aromatic carbocycles. The van der Waals surface area contributed by atoms with Gasteiger partial charge in [-0.15, -0.1) is 0 Å². The minimum absolute atomic E-state index is 0.00895. The molecular formula is C15H30N2O2. The monoisotopic (exact) mass is 270 g/mol. The fraction of sp³-hybridized carbons (Fsp3) is 0.933. The first kappa shape index (κ1) is 16.4. The van der Waals surface area contributed by atoms with E-state index < -0.39 is 0 Å². The van der Waals surface area contributed by atoms with Crippen molar-refractivity contribution in [2.24, 2.45) is 23.5 Å². The van der Waals surface area contributed by atoms with Gasteiger partial charge in [-0.05, 0) is 31.1 Å². The predicted octanol–water partition coefficient (Wildman–Crippen LogP) is 1.93. The van der Waals surface area contributed by atoms with Gasteiger partial charge in [-0.1, -0.05) is 27.2 Å².